The minimum atomic E-state index is -0.759. The van der Waals surface area contributed by atoms with Crippen LogP contribution < -0.4 is 10.2 Å². The van der Waals surface area contributed by atoms with Crippen molar-refractivity contribution in [3.63, 3.8) is 0 Å². The fraction of sp³-hybridized carbons (Fsp3) is 0. The molecule has 0 aliphatic rings. The molecular weight excluding hydrogens is 428 g/mol. The molecule has 0 fully saturated rings. The SMILES string of the molecule is O=C(NN=Cc1ccc(Oc2ccc([N+](=O)[O-])cc2[N+](=O)[O-])cc1)c1ccccc1Cl. The van der Waals surface area contributed by atoms with Gasteiger partial charge in [0.15, 0.2) is 0 Å². The predicted octanol–water partition coefficient (Wildman–Crippen LogP) is 4.71. The Hall–Kier alpha value is -4.31. The van der Waals surface area contributed by atoms with Crippen molar-refractivity contribution >= 4 is 35.1 Å². The molecule has 156 valence electrons. The highest BCUT2D eigenvalue weighted by Gasteiger charge is 2.21. The molecule has 0 bridgehead atoms. The van der Waals surface area contributed by atoms with Gasteiger partial charge in [-0.25, -0.2) is 5.43 Å². The number of ether oxygens (including phenoxy) is 1. The van der Waals surface area contributed by atoms with Crippen LogP contribution in [-0.2, 0) is 0 Å². The van der Waals surface area contributed by atoms with E-state index in [0.717, 1.165) is 18.2 Å². The number of rotatable bonds is 7. The lowest BCUT2D eigenvalue weighted by Gasteiger charge is -2.06. The summed E-state index contributed by atoms with van der Waals surface area (Å²) in [7, 11) is 0. The first-order chi connectivity index (χ1) is 14.8. The average Bonchev–Trinajstić information content (AvgIpc) is 2.75. The number of nitro groups is 2. The maximum atomic E-state index is 12.0. The maximum Gasteiger partial charge on any atom is 0.318 e. The number of nitrogens with one attached hydrogen (secondary N) is 1. The Bertz CT molecular complexity index is 1180. The number of nitrogens with zero attached hydrogens (tertiary/aromatic N) is 3. The van der Waals surface area contributed by atoms with Crippen molar-refractivity contribution in [3.05, 3.63) is 103 Å². The second-order valence-electron chi connectivity index (χ2n) is 6.02. The van der Waals surface area contributed by atoms with Crippen LogP contribution in [0.4, 0.5) is 11.4 Å². The lowest BCUT2D eigenvalue weighted by molar-refractivity contribution is -0.394. The number of hydrogen-bond donors (Lipinski definition) is 1. The van der Waals surface area contributed by atoms with E-state index in [4.69, 9.17) is 16.3 Å². The minimum absolute atomic E-state index is 0.135. The predicted molar refractivity (Wildman–Crippen MR) is 113 cm³/mol. The van der Waals surface area contributed by atoms with E-state index in [0.29, 0.717) is 10.6 Å². The molecule has 0 spiro atoms. The quantitative estimate of drug-likeness (QED) is 0.320. The van der Waals surface area contributed by atoms with E-state index >= 15 is 0 Å². The number of carbonyl (C=O) groups is 1. The third-order valence-corrected chi connectivity index (χ3v) is 4.29. The molecule has 0 saturated heterocycles. The molecule has 0 aliphatic heterocycles. The number of halogens is 1. The van der Waals surface area contributed by atoms with E-state index in [1.165, 1.54) is 18.3 Å². The summed E-state index contributed by atoms with van der Waals surface area (Å²) < 4.78 is 5.48. The monoisotopic (exact) mass is 440 g/mol. The van der Waals surface area contributed by atoms with Gasteiger partial charge in [0.2, 0.25) is 5.75 Å². The Morgan fingerprint density at radius 1 is 1.00 bits per heavy atom. The van der Waals surface area contributed by atoms with Crippen molar-refractivity contribution in [2.24, 2.45) is 5.10 Å². The van der Waals surface area contributed by atoms with Gasteiger partial charge in [-0.1, -0.05) is 23.7 Å². The van der Waals surface area contributed by atoms with Crippen LogP contribution in [0.2, 0.25) is 5.02 Å². The van der Waals surface area contributed by atoms with E-state index in [1.807, 2.05) is 0 Å². The van der Waals surface area contributed by atoms with Gasteiger partial charge in [-0.15, -0.1) is 0 Å². The number of non-ortho nitro benzene ring substituents is 1. The summed E-state index contributed by atoms with van der Waals surface area (Å²) in [4.78, 5) is 32.5. The molecule has 3 aromatic rings. The molecule has 3 aromatic carbocycles. The standard InChI is InChI=1S/C20H13ClN4O6/c21-17-4-2-1-3-16(17)20(26)23-22-12-13-5-8-15(9-6-13)31-19-10-7-14(24(27)28)11-18(19)25(29)30/h1-12H,(H,23,26). The summed E-state index contributed by atoms with van der Waals surface area (Å²) in [5.74, 6) is -0.328. The molecular formula is C20H13ClN4O6. The molecule has 0 radical (unpaired) electrons. The smallest absolute Gasteiger partial charge is 0.318 e. The van der Waals surface area contributed by atoms with Crippen molar-refractivity contribution < 1.29 is 19.4 Å². The van der Waals surface area contributed by atoms with E-state index in [2.05, 4.69) is 10.5 Å². The van der Waals surface area contributed by atoms with Crippen LogP contribution in [0.25, 0.3) is 0 Å². The summed E-state index contributed by atoms with van der Waals surface area (Å²) in [5.41, 5.74) is 2.33. The molecule has 0 aliphatic carbocycles. The normalized spacial score (nSPS) is 10.6. The van der Waals surface area contributed by atoms with Gasteiger partial charge in [-0.05, 0) is 48.0 Å². The van der Waals surface area contributed by atoms with E-state index in [9.17, 15) is 25.0 Å². The van der Waals surface area contributed by atoms with Crippen LogP contribution in [0.3, 0.4) is 0 Å². The summed E-state index contributed by atoms with van der Waals surface area (Å²) in [6.45, 7) is 0. The van der Waals surface area contributed by atoms with Crippen molar-refractivity contribution in [3.8, 4) is 11.5 Å². The third-order valence-electron chi connectivity index (χ3n) is 3.96. The van der Waals surface area contributed by atoms with Crippen LogP contribution >= 0.6 is 11.6 Å². The van der Waals surface area contributed by atoms with Crippen LogP contribution in [0.5, 0.6) is 11.5 Å². The van der Waals surface area contributed by atoms with Crippen molar-refractivity contribution in [1.82, 2.24) is 5.43 Å². The van der Waals surface area contributed by atoms with E-state index in [1.54, 1.807) is 36.4 Å². The zero-order valence-corrected chi connectivity index (χ0v) is 16.4. The molecule has 11 heteroatoms. The van der Waals surface area contributed by atoms with Crippen LogP contribution in [-0.4, -0.2) is 22.0 Å². The molecule has 0 unspecified atom stereocenters. The van der Waals surface area contributed by atoms with E-state index in [-0.39, 0.29) is 17.1 Å². The first-order valence-corrected chi connectivity index (χ1v) is 9.01. The summed E-state index contributed by atoms with van der Waals surface area (Å²) in [6.07, 6.45) is 1.40. The fourth-order valence-electron chi connectivity index (χ4n) is 2.47. The molecule has 0 heterocycles. The van der Waals surface area contributed by atoms with Gasteiger partial charge in [0.25, 0.3) is 11.6 Å². The lowest BCUT2D eigenvalue weighted by Crippen LogP contribution is -2.17. The van der Waals surface area contributed by atoms with Gasteiger partial charge in [-0.2, -0.15) is 5.10 Å². The average molecular weight is 441 g/mol. The van der Waals surface area contributed by atoms with Crippen LogP contribution in [0.15, 0.2) is 71.8 Å². The van der Waals surface area contributed by atoms with Gasteiger partial charge in [0.1, 0.15) is 5.75 Å². The maximum absolute atomic E-state index is 12.0. The summed E-state index contributed by atoms with van der Waals surface area (Å²) in [6, 6.07) is 15.9. The molecule has 3 rings (SSSR count). The molecule has 1 amide bonds. The number of benzene rings is 3. The second-order valence-corrected chi connectivity index (χ2v) is 6.42. The molecule has 0 atom stereocenters. The van der Waals surface area contributed by atoms with Gasteiger partial charge < -0.3 is 4.74 Å². The van der Waals surface area contributed by atoms with Crippen molar-refractivity contribution in [1.29, 1.82) is 0 Å². The van der Waals surface area contributed by atoms with Gasteiger partial charge in [0, 0.05) is 6.07 Å². The highest BCUT2D eigenvalue weighted by Crippen LogP contribution is 2.34. The first-order valence-electron chi connectivity index (χ1n) is 8.64. The molecule has 10 nitrogen and oxygen atoms in total. The Kier molecular flexibility index (Phi) is 6.53. The minimum Gasteiger partial charge on any atom is -0.450 e. The van der Waals surface area contributed by atoms with Crippen molar-refractivity contribution in [2.75, 3.05) is 0 Å². The topological polar surface area (TPSA) is 137 Å². The molecule has 1 N–H and O–H groups in total. The van der Waals surface area contributed by atoms with Gasteiger partial charge >= 0.3 is 5.69 Å². The highest BCUT2D eigenvalue weighted by molar-refractivity contribution is 6.33. The Morgan fingerprint density at radius 3 is 2.35 bits per heavy atom. The molecule has 0 saturated carbocycles. The fourth-order valence-corrected chi connectivity index (χ4v) is 2.69. The molecule has 0 aromatic heterocycles. The van der Waals surface area contributed by atoms with Crippen LogP contribution in [0.1, 0.15) is 15.9 Å². The number of hydrogen-bond acceptors (Lipinski definition) is 7. The number of carbonyl (C=O) groups excluding carboxylic acids is 1. The Morgan fingerprint density at radius 2 is 1.71 bits per heavy atom. The Labute approximate surface area is 180 Å². The Balaban J connectivity index is 1.67. The van der Waals surface area contributed by atoms with Crippen molar-refractivity contribution in [2.45, 2.75) is 0 Å². The summed E-state index contributed by atoms with van der Waals surface area (Å²) in [5, 5.41) is 26.1. The van der Waals surface area contributed by atoms with E-state index < -0.39 is 27.1 Å². The number of hydrazone groups is 1. The lowest BCUT2D eigenvalue weighted by atomic mass is 10.2. The second kappa shape index (κ2) is 9.46. The first kappa shape index (κ1) is 21.4. The van der Waals surface area contributed by atoms with Crippen LogP contribution in [0, 0.1) is 20.2 Å². The number of amides is 1. The third kappa shape index (κ3) is 5.40. The summed E-state index contributed by atoms with van der Waals surface area (Å²) >= 11 is 5.95. The highest BCUT2D eigenvalue weighted by atomic mass is 35.5. The largest absolute Gasteiger partial charge is 0.450 e. The zero-order valence-electron chi connectivity index (χ0n) is 15.6. The van der Waals surface area contributed by atoms with Gasteiger partial charge in [0.05, 0.1) is 32.7 Å². The number of nitro benzene ring substituents is 2. The zero-order chi connectivity index (χ0) is 22.4. The molecule has 31 heavy (non-hydrogen) atoms. The van der Waals surface area contributed by atoms with Gasteiger partial charge in [-0.3, -0.25) is 25.0 Å².